The summed E-state index contributed by atoms with van der Waals surface area (Å²) < 4.78 is 9.89. The van der Waals surface area contributed by atoms with Gasteiger partial charge in [0.1, 0.15) is 0 Å². The first-order chi connectivity index (χ1) is 8.00. The largest absolute Gasteiger partial charge is 0.467 e. The molecule has 0 fully saturated rings. The third-order valence-corrected chi connectivity index (χ3v) is 2.77. The standard InChI is InChI=1S/C10H17ClN4O2/c1-10(2,5-11)6-12-7-13-8(16-3)15-9(14-7)17-4/h5-6H2,1-4H3,(H,12,13,14,15). The van der Waals surface area contributed by atoms with Crippen LogP contribution in [0.4, 0.5) is 5.95 Å². The van der Waals surface area contributed by atoms with Gasteiger partial charge in [-0.3, -0.25) is 0 Å². The number of nitrogens with zero attached hydrogens (tertiary/aromatic N) is 3. The van der Waals surface area contributed by atoms with E-state index in [1.807, 2.05) is 13.8 Å². The predicted molar refractivity (Wildman–Crippen MR) is 65.9 cm³/mol. The van der Waals surface area contributed by atoms with E-state index in [0.717, 1.165) is 0 Å². The Bertz CT molecular complexity index is 351. The molecule has 0 saturated carbocycles. The third kappa shape index (κ3) is 4.22. The van der Waals surface area contributed by atoms with Gasteiger partial charge in [-0.15, -0.1) is 16.6 Å². The van der Waals surface area contributed by atoms with Crippen molar-refractivity contribution >= 4 is 17.5 Å². The van der Waals surface area contributed by atoms with Crippen LogP contribution in [-0.2, 0) is 0 Å². The number of aromatic nitrogens is 3. The number of alkyl halides is 1. The second-order valence-electron chi connectivity index (χ2n) is 4.28. The Labute approximate surface area is 106 Å². The molecule has 7 heteroatoms. The highest BCUT2D eigenvalue weighted by Crippen LogP contribution is 2.18. The van der Waals surface area contributed by atoms with Crippen LogP contribution < -0.4 is 14.8 Å². The Balaban J connectivity index is 2.76. The van der Waals surface area contributed by atoms with Crippen LogP contribution in [0.5, 0.6) is 12.0 Å². The van der Waals surface area contributed by atoms with Crippen molar-refractivity contribution in [3.05, 3.63) is 0 Å². The highest BCUT2D eigenvalue weighted by atomic mass is 35.5. The maximum atomic E-state index is 5.83. The molecular weight excluding hydrogens is 244 g/mol. The van der Waals surface area contributed by atoms with Gasteiger partial charge in [0.15, 0.2) is 0 Å². The molecule has 1 N–H and O–H groups in total. The summed E-state index contributed by atoms with van der Waals surface area (Å²) >= 11 is 5.83. The molecule has 1 rings (SSSR count). The van der Waals surface area contributed by atoms with Gasteiger partial charge in [0.25, 0.3) is 0 Å². The highest BCUT2D eigenvalue weighted by Gasteiger charge is 2.17. The van der Waals surface area contributed by atoms with Gasteiger partial charge in [-0.25, -0.2) is 0 Å². The van der Waals surface area contributed by atoms with E-state index in [1.54, 1.807) is 0 Å². The molecule has 0 saturated heterocycles. The number of halogens is 1. The summed E-state index contributed by atoms with van der Waals surface area (Å²) in [6.45, 7) is 4.73. The predicted octanol–water partition coefficient (Wildman–Crippen LogP) is 1.57. The average Bonchev–Trinajstić information content (AvgIpc) is 2.36. The molecule has 0 unspecified atom stereocenters. The van der Waals surface area contributed by atoms with E-state index in [1.165, 1.54) is 14.2 Å². The molecule has 0 aromatic carbocycles. The van der Waals surface area contributed by atoms with E-state index in [9.17, 15) is 0 Å². The fraction of sp³-hybridized carbons (Fsp3) is 0.700. The van der Waals surface area contributed by atoms with Crippen molar-refractivity contribution in [2.45, 2.75) is 13.8 Å². The molecule has 6 nitrogen and oxygen atoms in total. The van der Waals surface area contributed by atoms with Crippen molar-refractivity contribution in [3.8, 4) is 12.0 Å². The number of hydrogen-bond donors (Lipinski definition) is 1. The molecule has 0 atom stereocenters. The molecule has 0 spiro atoms. The number of nitrogens with one attached hydrogen (secondary N) is 1. The lowest BCUT2D eigenvalue weighted by atomic mass is 9.97. The van der Waals surface area contributed by atoms with Crippen molar-refractivity contribution < 1.29 is 9.47 Å². The van der Waals surface area contributed by atoms with Gasteiger partial charge < -0.3 is 14.8 Å². The van der Waals surface area contributed by atoms with Crippen LogP contribution in [0.1, 0.15) is 13.8 Å². The van der Waals surface area contributed by atoms with Crippen molar-refractivity contribution in [1.29, 1.82) is 0 Å². The van der Waals surface area contributed by atoms with E-state index >= 15 is 0 Å². The second-order valence-corrected chi connectivity index (χ2v) is 4.55. The minimum absolute atomic E-state index is 0.0470. The lowest BCUT2D eigenvalue weighted by Crippen LogP contribution is -2.25. The van der Waals surface area contributed by atoms with Crippen molar-refractivity contribution in [2.24, 2.45) is 5.41 Å². The molecule has 1 heterocycles. The van der Waals surface area contributed by atoms with Gasteiger partial charge in [-0.1, -0.05) is 13.8 Å². The van der Waals surface area contributed by atoms with E-state index in [-0.39, 0.29) is 17.4 Å². The fourth-order valence-corrected chi connectivity index (χ4v) is 1.06. The molecule has 0 aliphatic carbocycles. The van der Waals surface area contributed by atoms with Crippen molar-refractivity contribution in [1.82, 2.24) is 15.0 Å². The summed E-state index contributed by atoms with van der Waals surface area (Å²) in [5.74, 6) is 0.950. The van der Waals surface area contributed by atoms with E-state index in [4.69, 9.17) is 21.1 Å². The first-order valence-corrected chi connectivity index (χ1v) is 5.68. The van der Waals surface area contributed by atoms with Gasteiger partial charge in [0.05, 0.1) is 14.2 Å². The molecule has 1 aromatic heterocycles. The summed E-state index contributed by atoms with van der Waals surface area (Å²) in [7, 11) is 2.97. The number of anilines is 1. The monoisotopic (exact) mass is 260 g/mol. The maximum absolute atomic E-state index is 5.83. The Hall–Kier alpha value is -1.30. The van der Waals surface area contributed by atoms with E-state index in [0.29, 0.717) is 18.4 Å². The van der Waals surface area contributed by atoms with Gasteiger partial charge in [-0.05, 0) is 5.41 Å². The minimum Gasteiger partial charge on any atom is -0.467 e. The lowest BCUT2D eigenvalue weighted by molar-refractivity contribution is 0.340. The van der Waals surface area contributed by atoms with Crippen LogP contribution in [0.3, 0.4) is 0 Å². The summed E-state index contributed by atoms with van der Waals surface area (Å²) in [5, 5.41) is 3.08. The third-order valence-electron chi connectivity index (χ3n) is 2.05. The van der Waals surface area contributed by atoms with Crippen LogP contribution in [0.2, 0.25) is 0 Å². The van der Waals surface area contributed by atoms with Gasteiger partial charge in [0, 0.05) is 12.4 Å². The number of ether oxygens (including phenoxy) is 2. The second kappa shape index (κ2) is 5.86. The first-order valence-electron chi connectivity index (χ1n) is 5.14. The van der Waals surface area contributed by atoms with Gasteiger partial charge in [-0.2, -0.15) is 9.97 Å². The fourth-order valence-electron chi connectivity index (χ4n) is 0.965. The van der Waals surface area contributed by atoms with Gasteiger partial charge >= 0.3 is 12.0 Å². The molecule has 0 amide bonds. The highest BCUT2D eigenvalue weighted by molar-refractivity contribution is 6.18. The molecular formula is C10H17ClN4O2. The Kier molecular flexibility index (Phi) is 4.74. The van der Waals surface area contributed by atoms with Gasteiger partial charge in [0.2, 0.25) is 5.95 Å². The Morgan fingerprint density at radius 3 is 2.06 bits per heavy atom. The summed E-state index contributed by atoms with van der Waals surface area (Å²) in [6.07, 6.45) is 0. The molecule has 0 bridgehead atoms. The Morgan fingerprint density at radius 1 is 1.12 bits per heavy atom. The van der Waals surface area contributed by atoms with Crippen LogP contribution in [0, 0.1) is 5.41 Å². The molecule has 0 radical (unpaired) electrons. The first kappa shape index (κ1) is 13.8. The van der Waals surface area contributed by atoms with E-state index in [2.05, 4.69) is 20.3 Å². The topological polar surface area (TPSA) is 69.2 Å². The molecule has 0 aliphatic rings. The molecule has 0 aliphatic heterocycles. The summed E-state index contributed by atoms with van der Waals surface area (Å²) in [5.41, 5.74) is -0.0470. The zero-order chi connectivity index (χ0) is 12.9. The van der Waals surface area contributed by atoms with Crippen LogP contribution in [-0.4, -0.2) is 41.6 Å². The molecule has 96 valence electrons. The SMILES string of the molecule is COc1nc(NCC(C)(C)CCl)nc(OC)n1. The minimum atomic E-state index is -0.0470. The number of hydrogen-bond acceptors (Lipinski definition) is 6. The summed E-state index contributed by atoms with van der Waals surface area (Å²) in [6, 6.07) is 0.422. The molecule has 1 aromatic rings. The number of rotatable bonds is 6. The smallest absolute Gasteiger partial charge is 0.324 e. The van der Waals surface area contributed by atoms with Crippen molar-refractivity contribution in [3.63, 3.8) is 0 Å². The normalized spacial score (nSPS) is 11.1. The maximum Gasteiger partial charge on any atom is 0.324 e. The van der Waals surface area contributed by atoms with Crippen LogP contribution >= 0.6 is 11.6 Å². The van der Waals surface area contributed by atoms with E-state index < -0.39 is 0 Å². The van der Waals surface area contributed by atoms with Crippen molar-refractivity contribution in [2.75, 3.05) is 32.0 Å². The van der Waals surface area contributed by atoms with Crippen LogP contribution in [0.25, 0.3) is 0 Å². The number of methoxy groups -OCH3 is 2. The molecule has 17 heavy (non-hydrogen) atoms. The zero-order valence-electron chi connectivity index (χ0n) is 10.5. The average molecular weight is 261 g/mol. The Morgan fingerprint density at radius 2 is 1.65 bits per heavy atom. The quantitative estimate of drug-likeness (QED) is 0.783. The van der Waals surface area contributed by atoms with Crippen LogP contribution in [0.15, 0.2) is 0 Å². The zero-order valence-corrected chi connectivity index (χ0v) is 11.2. The summed E-state index contributed by atoms with van der Waals surface area (Å²) in [4.78, 5) is 12.0. The lowest BCUT2D eigenvalue weighted by Gasteiger charge is -2.21.